The smallest absolute Gasteiger partial charge is 0.211 e. The van der Waals surface area contributed by atoms with Crippen molar-refractivity contribution >= 4 is 10.0 Å². The molecular formula is C10H22N2O2S. The van der Waals surface area contributed by atoms with Crippen LogP contribution in [0.1, 0.15) is 39.5 Å². The molecule has 0 radical (unpaired) electrons. The molecule has 2 unspecified atom stereocenters. The maximum Gasteiger partial charge on any atom is 0.211 e. The van der Waals surface area contributed by atoms with Crippen LogP contribution in [-0.4, -0.2) is 32.8 Å². The summed E-state index contributed by atoms with van der Waals surface area (Å²) < 4.78 is 26.1. The van der Waals surface area contributed by atoms with Crippen LogP contribution in [0.15, 0.2) is 0 Å². The predicted octanol–water partition coefficient (Wildman–Crippen LogP) is 0.846. The van der Waals surface area contributed by atoms with Crippen molar-refractivity contribution in [2.24, 2.45) is 0 Å². The molecule has 0 aliphatic carbocycles. The molecular weight excluding hydrogens is 212 g/mol. The van der Waals surface area contributed by atoms with Crippen LogP contribution in [0.2, 0.25) is 0 Å². The average Bonchev–Trinajstić information content (AvgIpc) is 2.14. The first-order valence-corrected chi connectivity index (χ1v) is 7.42. The summed E-state index contributed by atoms with van der Waals surface area (Å²) in [6, 6.07) is 0.542. The highest BCUT2D eigenvalue weighted by Crippen LogP contribution is 2.09. The number of nitrogens with one attached hydrogen (secondary N) is 2. The van der Waals surface area contributed by atoms with Gasteiger partial charge in [0.1, 0.15) is 0 Å². The van der Waals surface area contributed by atoms with Crippen LogP contribution in [-0.2, 0) is 10.0 Å². The van der Waals surface area contributed by atoms with Gasteiger partial charge >= 0.3 is 0 Å². The molecule has 0 amide bonds. The molecule has 1 aliphatic heterocycles. The van der Waals surface area contributed by atoms with Crippen molar-refractivity contribution < 1.29 is 8.42 Å². The minimum Gasteiger partial charge on any atom is -0.314 e. The third-order valence-electron chi connectivity index (χ3n) is 2.74. The van der Waals surface area contributed by atoms with Gasteiger partial charge in [0.2, 0.25) is 10.0 Å². The second kappa shape index (κ2) is 5.82. The fourth-order valence-corrected chi connectivity index (χ4v) is 3.39. The molecule has 4 nitrogen and oxygen atoms in total. The van der Waals surface area contributed by atoms with Gasteiger partial charge < -0.3 is 5.32 Å². The Balaban J connectivity index is 2.39. The summed E-state index contributed by atoms with van der Waals surface area (Å²) in [7, 11) is -3.04. The zero-order valence-corrected chi connectivity index (χ0v) is 10.4. The molecule has 0 saturated carbocycles. The van der Waals surface area contributed by atoms with Crippen LogP contribution in [0, 0.1) is 0 Å². The molecule has 0 aromatic carbocycles. The van der Waals surface area contributed by atoms with Crippen molar-refractivity contribution in [2.75, 3.05) is 12.3 Å². The van der Waals surface area contributed by atoms with Gasteiger partial charge in [-0.3, -0.25) is 0 Å². The first kappa shape index (κ1) is 12.9. The minimum atomic E-state index is -3.04. The summed E-state index contributed by atoms with van der Waals surface area (Å²) in [6.07, 6.45) is 3.46. The molecule has 1 fully saturated rings. The zero-order valence-electron chi connectivity index (χ0n) is 9.62. The van der Waals surface area contributed by atoms with Crippen LogP contribution >= 0.6 is 0 Å². The van der Waals surface area contributed by atoms with Gasteiger partial charge in [0.05, 0.1) is 5.75 Å². The standard InChI is InChI=1S/C10H22N2O2S/c1-3-4-7-15(13,14)12-10-5-6-11-9(2)8-10/h9-12H,3-8H2,1-2H3. The number of rotatable bonds is 5. The third kappa shape index (κ3) is 4.95. The van der Waals surface area contributed by atoms with E-state index in [0.29, 0.717) is 6.04 Å². The second-order valence-electron chi connectivity index (χ2n) is 4.37. The fourth-order valence-electron chi connectivity index (χ4n) is 1.89. The zero-order chi connectivity index (χ0) is 11.3. The maximum absolute atomic E-state index is 11.6. The topological polar surface area (TPSA) is 58.2 Å². The summed E-state index contributed by atoms with van der Waals surface area (Å²) >= 11 is 0. The van der Waals surface area contributed by atoms with Gasteiger partial charge in [-0.2, -0.15) is 0 Å². The van der Waals surface area contributed by atoms with Crippen LogP contribution < -0.4 is 10.0 Å². The molecule has 5 heteroatoms. The molecule has 0 spiro atoms. The van der Waals surface area contributed by atoms with Gasteiger partial charge in [0.15, 0.2) is 0 Å². The minimum absolute atomic E-state index is 0.128. The van der Waals surface area contributed by atoms with E-state index in [4.69, 9.17) is 0 Å². The summed E-state index contributed by atoms with van der Waals surface area (Å²) in [5, 5.41) is 3.31. The molecule has 15 heavy (non-hydrogen) atoms. The van der Waals surface area contributed by atoms with E-state index < -0.39 is 10.0 Å². The monoisotopic (exact) mass is 234 g/mol. The van der Waals surface area contributed by atoms with Crippen LogP contribution in [0.3, 0.4) is 0 Å². The lowest BCUT2D eigenvalue weighted by Gasteiger charge is -2.28. The van der Waals surface area contributed by atoms with E-state index in [1.165, 1.54) is 0 Å². The van der Waals surface area contributed by atoms with Gasteiger partial charge in [0.25, 0.3) is 0 Å². The van der Waals surface area contributed by atoms with Gasteiger partial charge in [-0.15, -0.1) is 0 Å². The van der Waals surface area contributed by atoms with Gasteiger partial charge in [-0.1, -0.05) is 13.3 Å². The van der Waals surface area contributed by atoms with Crippen LogP contribution in [0.5, 0.6) is 0 Å². The molecule has 0 aromatic heterocycles. The Morgan fingerprint density at radius 3 is 2.80 bits per heavy atom. The number of piperidine rings is 1. The first-order valence-electron chi connectivity index (χ1n) is 5.77. The highest BCUT2D eigenvalue weighted by atomic mass is 32.2. The Kier molecular flexibility index (Phi) is 5.02. The average molecular weight is 234 g/mol. The number of hydrogen-bond acceptors (Lipinski definition) is 3. The van der Waals surface area contributed by atoms with Crippen molar-refractivity contribution in [3.8, 4) is 0 Å². The van der Waals surface area contributed by atoms with Crippen molar-refractivity contribution in [3.63, 3.8) is 0 Å². The second-order valence-corrected chi connectivity index (χ2v) is 6.24. The van der Waals surface area contributed by atoms with Crippen molar-refractivity contribution in [3.05, 3.63) is 0 Å². The van der Waals surface area contributed by atoms with E-state index in [2.05, 4.69) is 17.0 Å². The summed E-state index contributed by atoms with van der Waals surface area (Å²) in [4.78, 5) is 0. The normalized spacial score (nSPS) is 27.9. The molecule has 1 aliphatic rings. The molecule has 2 atom stereocenters. The van der Waals surface area contributed by atoms with Crippen molar-refractivity contribution in [1.29, 1.82) is 0 Å². The van der Waals surface area contributed by atoms with Crippen molar-refractivity contribution in [2.45, 2.75) is 51.6 Å². The van der Waals surface area contributed by atoms with Gasteiger partial charge in [-0.25, -0.2) is 13.1 Å². The lowest BCUT2D eigenvalue weighted by molar-refractivity contribution is 0.361. The molecule has 2 N–H and O–H groups in total. The molecule has 1 saturated heterocycles. The number of unbranched alkanes of at least 4 members (excludes halogenated alkanes) is 1. The lowest BCUT2D eigenvalue weighted by atomic mass is 10.0. The maximum atomic E-state index is 11.6. The van der Waals surface area contributed by atoms with Gasteiger partial charge in [0, 0.05) is 12.1 Å². The van der Waals surface area contributed by atoms with E-state index in [1.54, 1.807) is 0 Å². The van der Waals surface area contributed by atoms with E-state index in [1.807, 2.05) is 6.92 Å². The van der Waals surface area contributed by atoms with E-state index in [9.17, 15) is 8.42 Å². The van der Waals surface area contributed by atoms with Crippen LogP contribution in [0.25, 0.3) is 0 Å². The molecule has 0 bridgehead atoms. The molecule has 1 heterocycles. The number of hydrogen-bond donors (Lipinski definition) is 2. The summed E-state index contributed by atoms with van der Waals surface area (Å²) in [5.41, 5.74) is 0. The van der Waals surface area contributed by atoms with E-state index >= 15 is 0 Å². The first-order chi connectivity index (χ1) is 7.03. The largest absolute Gasteiger partial charge is 0.314 e. The predicted molar refractivity (Wildman–Crippen MR) is 62.3 cm³/mol. The highest BCUT2D eigenvalue weighted by molar-refractivity contribution is 7.89. The SMILES string of the molecule is CCCCS(=O)(=O)NC1CCNC(C)C1. The quantitative estimate of drug-likeness (QED) is 0.741. The Morgan fingerprint density at radius 2 is 2.20 bits per heavy atom. The van der Waals surface area contributed by atoms with Crippen molar-refractivity contribution in [1.82, 2.24) is 10.0 Å². The Morgan fingerprint density at radius 1 is 1.47 bits per heavy atom. The third-order valence-corrected chi connectivity index (χ3v) is 4.26. The van der Waals surface area contributed by atoms with Crippen LogP contribution in [0.4, 0.5) is 0 Å². The summed E-state index contributed by atoms with van der Waals surface area (Å²) in [6.45, 7) is 5.00. The Hall–Kier alpha value is -0.130. The molecule has 90 valence electrons. The van der Waals surface area contributed by atoms with E-state index in [-0.39, 0.29) is 11.8 Å². The fraction of sp³-hybridized carbons (Fsp3) is 1.00. The number of sulfonamides is 1. The Labute approximate surface area is 92.9 Å². The Bertz CT molecular complexity index is 277. The molecule has 1 rings (SSSR count). The van der Waals surface area contributed by atoms with Gasteiger partial charge in [-0.05, 0) is 32.7 Å². The highest BCUT2D eigenvalue weighted by Gasteiger charge is 2.22. The summed E-state index contributed by atoms with van der Waals surface area (Å²) in [5.74, 6) is 0.266. The van der Waals surface area contributed by atoms with E-state index in [0.717, 1.165) is 32.2 Å². The lowest BCUT2D eigenvalue weighted by Crippen LogP contribution is -2.47. The molecule has 0 aromatic rings.